The van der Waals surface area contributed by atoms with Gasteiger partial charge in [-0.1, -0.05) is 30.3 Å². The van der Waals surface area contributed by atoms with Gasteiger partial charge in [-0.15, -0.1) is 4.91 Å². The van der Waals surface area contributed by atoms with Crippen LogP contribution in [-0.2, 0) is 6.54 Å². The molecule has 0 unspecified atom stereocenters. The van der Waals surface area contributed by atoms with Crippen molar-refractivity contribution >= 4 is 17.3 Å². The van der Waals surface area contributed by atoms with Crippen LogP contribution in [0.4, 0.5) is 17.3 Å². The highest BCUT2D eigenvalue weighted by atomic mass is 16.3. The van der Waals surface area contributed by atoms with Gasteiger partial charge >= 0.3 is 5.69 Å². The number of benzene rings is 1. The van der Waals surface area contributed by atoms with E-state index in [0.717, 1.165) is 5.56 Å². The lowest BCUT2D eigenvalue weighted by atomic mass is 10.2. The van der Waals surface area contributed by atoms with E-state index in [2.05, 4.69) is 20.5 Å². The second kappa shape index (κ2) is 5.09. The lowest BCUT2D eigenvalue weighted by Crippen LogP contribution is -2.16. The van der Waals surface area contributed by atoms with Gasteiger partial charge in [0, 0.05) is 6.54 Å². The molecule has 0 saturated heterocycles. The summed E-state index contributed by atoms with van der Waals surface area (Å²) in [6.07, 6.45) is 0. The van der Waals surface area contributed by atoms with Gasteiger partial charge in [-0.25, -0.2) is 4.79 Å². The molecule has 0 bridgehead atoms. The fourth-order valence-electron chi connectivity index (χ4n) is 1.48. The minimum absolute atomic E-state index is 0.0788. The van der Waals surface area contributed by atoms with E-state index in [1.807, 2.05) is 30.3 Å². The van der Waals surface area contributed by atoms with Gasteiger partial charge in [0.25, 0.3) is 0 Å². The van der Waals surface area contributed by atoms with Crippen LogP contribution in [0.25, 0.3) is 0 Å². The first kappa shape index (κ1) is 11.8. The van der Waals surface area contributed by atoms with Crippen LogP contribution in [0.2, 0.25) is 0 Å². The summed E-state index contributed by atoms with van der Waals surface area (Å²) in [5.74, 6) is -0.0179. The number of hydrogen-bond donors (Lipinski definition) is 3. The molecule has 1 heterocycles. The number of aromatic nitrogens is 2. The normalized spacial score (nSPS) is 10.0. The van der Waals surface area contributed by atoms with E-state index in [4.69, 9.17) is 5.73 Å². The van der Waals surface area contributed by atoms with Crippen LogP contribution in [0, 0.1) is 4.91 Å². The molecule has 0 amide bonds. The lowest BCUT2D eigenvalue weighted by Gasteiger charge is -2.07. The molecule has 0 aliphatic carbocycles. The Morgan fingerprint density at radius 3 is 2.72 bits per heavy atom. The van der Waals surface area contributed by atoms with Crippen molar-refractivity contribution in [3.05, 3.63) is 51.3 Å². The topological polar surface area (TPSA) is 113 Å². The van der Waals surface area contributed by atoms with Gasteiger partial charge < -0.3 is 11.1 Å². The van der Waals surface area contributed by atoms with Crippen molar-refractivity contribution in [2.24, 2.45) is 5.18 Å². The number of rotatable bonds is 4. The van der Waals surface area contributed by atoms with Crippen LogP contribution in [0.5, 0.6) is 0 Å². The van der Waals surface area contributed by atoms with Crippen molar-refractivity contribution < 1.29 is 0 Å². The number of hydrogen-bond acceptors (Lipinski definition) is 6. The molecular weight excluding hydrogens is 234 g/mol. The Hall–Kier alpha value is -2.70. The number of anilines is 2. The zero-order valence-corrected chi connectivity index (χ0v) is 9.38. The summed E-state index contributed by atoms with van der Waals surface area (Å²) in [5, 5.41) is 5.61. The Morgan fingerprint density at radius 2 is 2.06 bits per heavy atom. The van der Waals surface area contributed by atoms with Gasteiger partial charge in [0.15, 0.2) is 11.5 Å². The Bertz CT molecular complexity index is 609. The Balaban J connectivity index is 2.24. The van der Waals surface area contributed by atoms with Crippen molar-refractivity contribution in [2.75, 3.05) is 11.1 Å². The van der Waals surface area contributed by atoms with Crippen molar-refractivity contribution in [3.63, 3.8) is 0 Å². The molecule has 0 fully saturated rings. The summed E-state index contributed by atoms with van der Waals surface area (Å²) in [7, 11) is 0. The van der Waals surface area contributed by atoms with Crippen LogP contribution in [0.3, 0.4) is 0 Å². The maximum atomic E-state index is 11.2. The van der Waals surface area contributed by atoms with Crippen LogP contribution in [0.1, 0.15) is 5.56 Å². The fraction of sp³-hybridized carbons (Fsp3) is 0.0909. The zero-order valence-electron chi connectivity index (χ0n) is 9.38. The van der Waals surface area contributed by atoms with E-state index in [9.17, 15) is 9.70 Å². The number of nitrogens with one attached hydrogen (secondary N) is 2. The van der Waals surface area contributed by atoms with Crippen LogP contribution >= 0.6 is 0 Å². The highest BCUT2D eigenvalue weighted by molar-refractivity contribution is 5.71. The molecule has 7 nitrogen and oxygen atoms in total. The van der Waals surface area contributed by atoms with Crippen LogP contribution in [0.15, 0.2) is 40.3 Å². The van der Waals surface area contributed by atoms with Gasteiger partial charge in [0.1, 0.15) is 5.82 Å². The number of H-pyrrole nitrogens is 1. The molecule has 0 atom stereocenters. The molecule has 0 aliphatic heterocycles. The third-order valence-electron chi connectivity index (χ3n) is 2.33. The summed E-state index contributed by atoms with van der Waals surface area (Å²) in [4.78, 5) is 27.6. The van der Waals surface area contributed by atoms with Crippen molar-refractivity contribution in [1.29, 1.82) is 0 Å². The van der Waals surface area contributed by atoms with Crippen LogP contribution in [-0.4, -0.2) is 9.97 Å². The summed E-state index contributed by atoms with van der Waals surface area (Å²) in [6, 6.07) is 9.46. The monoisotopic (exact) mass is 245 g/mol. The van der Waals surface area contributed by atoms with E-state index < -0.39 is 5.69 Å². The number of nitrogens with zero attached hydrogens (tertiary/aromatic N) is 2. The largest absolute Gasteiger partial charge is 0.383 e. The molecule has 1 aromatic carbocycles. The summed E-state index contributed by atoms with van der Waals surface area (Å²) in [6.45, 7) is 0.416. The van der Waals surface area contributed by atoms with E-state index in [1.165, 1.54) is 0 Å². The van der Waals surface area contributed by atoms with Gasteiger partial charge in [-0.2, -0.15) is 4.98 Å². The van der Waals surface area contributed by atoms with Crippen molar-refractivity contribution in [1.82, 2.24) is 9.97 Å². The first-order valence-corrected chi connectivity index (χ1v) is 5.21. The summed E-state index contributed by atoms with van der Waals surface area (Å²) in [5.41, 5.74) is 5.73. The average molecular weight is 245 g/mol. The summed E-state index contributed by atoms with van der Waals surface area (Å²) < 4.78 is 0. The number of nitrogen functional groups attached to an aromatic ring is 1. The smallest absolute Gasteiger partial charge is 0.348 e. The number of nitrogens with two attached hydrogens (primary N) is 1. The molecule has 18 heavy (non-hydrogen) atoms. The average Bonchev–Trinajstić information content (AvgIpc) is 2.37. The van der Waals surface area contributed by atoms with Crippen molar-refractivity contribution in [2.45, 2.75) is 6.54 Å². The zero-order chi connectivity index (χ0) is 13.0. The minimum atomic E-state index is -0.629. The molecule has 1 aromatic heterocycles. The third-order valence-corrected chi connectivity index (χ3v) is 2.33. The Kier molecular flexibility index (Phi) is 3.33. The van der Waals surface area contributed by atoms with Gasteiger partial charge in [0.2, 0.25) is 0 Å². The molecular formula is C11H11N5O2. The molecule has 92 valence electrons. The molecule has 2 aromatic rings. The molecule has 0 saturated carbocycles. The predicted molar refractivity (Wildman–Crippen MR) is 68.5 cm³/mol. The molecule has 4 N–H and O–H groups in total. The predicted octanol–water partition coefficient (Wildman–Crippen LogP) is 1.36. The second-order valence-corrected chi connectivity index (χ2v) is 3.58. The molecule has 2 rings (SSSR count). The molecule has 0 aliphatic rings. The number of nitroso groups, excluding NO2 is 1. The number of aromatic amines is 1. The SMILES string of the molecule is Nc1[nH]c(=O)nc(NCc2ccccc2)c1N=O. The van der Waals surface area contributed by atoms with E-state index >= 15 is 0 Å². The quantitative estimate of drug-likeness (QED) is 0.704. The fourth-order valence-corrected chi connectivity index (χ4v) is 1.48. The molecule has 0 spiro atoms. The van der Waals surface area contributed by atoms with Crippen molar-refractivity contribution in [3.8, 4) is 0 Å². The van der Waals surface area contributed by atoms with E-state index in [-0.39, 0.29) is 17.3 Å². The first-order chi connectivity index (χ1) is 8.70. The minimum Gasteiger partial charge on any atom is -0.383 e. The Morgan fingerprint density at radius 1 is 1.33 bits per heavy atom. The molecule has 0 radical (unpaired) electrons. The third kappa shape index (κ3) is 2.51. The second-order valence-electron chi connectivity index (χ2n) is 3.58. The Labute approximate surface area is 102 Å². The van der Waals surface area contributed by atoms with Gasteiger partial charge in [-0.05, 0) is 10.7 Å². The van der Waals surface area contributed by atoms with Gasteiger partial charge in [-0.3, -0.25) is 4.98 Å². The summed E-state index contributed by atoms with van der Waals surface area (Å²) >= 11 is 0. The van der Waals surface area contributed by atoms with E-state index in [1.54, 1.807) is 0 Å². The standard InChI is InChI=1S/C11H11N5O2/c12-9-8(16-18)10(15-11(17)14-9)13-6-7-4-2-1-3-5-7/h1-5H,6H2,(H4,12,13,14,15,17). The van der Waals surface area contributed by atoms with Crippen LogP contribution < -0.4 is 16.7 Å². The molecule has 7 heteroatoms. The maximum absolute atomic E-state index is 11.2. The van der Waals surface area contributed by atoms with E-state index in [0.29, 0.717) is 6.54 Å². The first-order valence-electron chi connectivity index (χ1n) is 5.21. The lowest BCUT2D eigenvalue weighted by molar-refractivity contribution is 1.04. The maximum Gasteiger partial charge on any atom is 0.348 e. The van der Waals surface area contributed by atoms with Gasteiger partial charge in [0.05, 0.1) is 0 Å². The highest BCUT2D eigenvalue weighted by Gasteiger charge is 2.10. The highest BCUT2D eigenvalue weighted by Crippen LogP contribution is 2.25.